The van der Waals surface area contributed by atoms with Crippen LogP contribution in [0.4, 0.5) is 0 Å². The number of carbonyl (C=O) groups is 1. The molecule has 4 rings (SSSR count). The van der Waals surface area contributed by atoms with E-state index < -0.39 is 0 Å². The van der Waals surface area contributed by atoms with Crippen molar-refractivity contribution in [2.24, 2.45) is 11.8 Å². The van der Waals surface area contributed by atoms with Crippen LogP contribution in [-0.4, -0.2) is 15.9 Å². The second-order valence-electron chi connectivity index (χ2n) is 10.7. The van der Waals surface area contributed by atoms with E-state index in [-0.39, 0.29) is 43.5 Å². The molecule has 41 heavy (non-hydrogen) atoms. The molecule has 0 bridgehead atoms. The number of fused-ring (bicyclic) bond motifs is 1. The Morgan fingerprint density at radius 1 is 0.951 bits per heavy atom. The molecule has 0 aliphatic rings. The minimum absolute atomic E-state index is 0. The average molecular weight is 747 g/mol. The second-order valence-corrected chi connectivity index (χ2v) is 11.7. The summed E-state index contributed by atoms with van der Waals surface area (Å²) < 4.78 is 1.25. The van der Waals surface area contributed by atoms with Gasteiger partial charge in [-0.1, -0.05) is 65.8 Å². The van der Waals surface area contributed by atoms with E-state index >= 15 is 0 Å². The van der Waals surface area contributed by atoms with Crippen LogP contribution in [0.2, 0.25) is 0 Å². The largest absolute Gasteiger partial charge is 0.512 e. The molecule has 0 atom stereocenters. The van der Waals surface area contributed by atoms with Crippen molar-refractivity contribution in [1.29, 1.82) is 0 Å². The Hall–Kier alpha value is -2.59. The molecule has 0 fully saturated rings. The molecule has 0 aliphatic carbocycles. The maximum atomic E-state index is 11.7. The molecule has 1 N–H and O–H groups in total. The quantitative estimate of drug-likeness (QED) is 0.105. The Morgan fingerprint density at radius 2 is 1.59 bits per heavy atom. The van der Waals surface area contributed by atoms with E-state index in [9.17, 15) is 9.90 Å². The van der Waals surface area contributed by atoms with Crippen molar-refractivity contribution in [3.63, 3.8) is 0 Å². The normalized spacial score (nSPS) is 11.4. The zero-order valence-corrected chi connectivity index (χ0v) is 28.9. The number of rotatable bonds is 9. The number of aryl methyl sites for hydroxylation is 4. The van der Waals surface area contributed by atoms with E-state index in [1.54, 1.807) is 0 Å². The number of benzene rings is 2. The van der Waals surface area contributed by atoms with Gasteiger partial charge >= 0.3 is 0 Å². The van der Waals surface area contributed by atoms with Gasteiger partial charge < -0.3 is 10.1 Å². The smallest absolute Gasteiger partial charge is 0.162 e. The van der Waals surface area contributed by atoms with Gasteiger partial charge in [0.25, 0.3) is 0 Å². The molecule has 5 heteroatoms. The molecule has 2 heterocycles. The van der Waals surface area contributed by atoms with Crippen LogP contribution in [0.15, 0.2) is 60.5 Å². The number of pyridine rings is 1. The molecule has 0 saturated heterocycles. The van der Waals surface area contributed by atoms with Gasteiger partial charge in [0.15, 0.2) is 5.78 Å². The Balaban J connectivity index is 0.000000320. The minimum Gasteiger partial charge on any atom is -0.512 e. The van der Waals surface area contributed by atoms with Gasteiger partial charge in [-0.25, -0.2) is 0 Å². The molecule has 2 aromatic heterocycles. The fourth-order valence-electron chi connectivity index (χ4n) is 5.23. The van der Waals surface area contributed by atoms with E-state index in [4.69, 9.17) is 4.98 Å². The summed E-state index contributed by atoms with van der Waals surface area (Å²) >= 11 is 1.84. The molecule has 0 aliphatic heterocycles. The number of aliphatic hydroxyl groups is 1. The van der Waals surface area contributed by atoms with Crippen LogP contribution in [0.1, 0.15) is 75.6 Å². The van der Waals surface area contributed by atoms with E-state index in [1.807, 2.05) is 45.2 Å². The number of allylic oxidation sites excluding steroid dienone is 2. The topological polar surface area (TPSA) is 50.2 Å². The molecular weight excluding hydrogens is 703 g/mol. The Kier molecular flexibility index (Phi) is 13.6. The first-order chi connectivity index (χ1) is 19.1. The number of aromatic nitrogens is 1. The summed E-state index contributed by atoms with van der Waals surface area (Å²) in [5, 5.41) is 11.1. The SMILES string of the molecule is CCC(CC)C(=O)/C=C(\O)C(CC)CC.Cc1[c-]c(-c2nccc3c(C)c(-c4ccccc4C)sc23)cc(C)c1.[Ir]. The van der Waals surface area contributed by atoms with Crippen molar-refractivity contribution in [1.82, 2.24) is 4.98 Å². The Bertz CT molecular complexity index is 1460. The summed E-state index contributed by atoms with van der Waals surface area (Å²) in [7, 11) is 0. The van der Waals surface area contributed by atoms with E-state index in [0.717, 1.165) is 42.5 Å². The fraction of sp³-hybridized carbons (Fsp3) is 0.389. The summed E-state index contributed by atoms with van der Waals surface area (Å²) in [5.41, 5.74) is 8.49. The molecule has 1 radical (unpaired) electrons. The van der Waals surface area contributed by atoms with Gasteiger partial charge in [-0.3, -0.25) is 4.79 Å². The van der Waals surface area contributed by atoms with Crippen LogP contribution >= 0.6 is 11.3 Å². The molecule has 3 nitrogen and oxygen atoms in total. The number of hydrogen-bond acceptors (Lipinski definition) is 4. The summed E-state index contributed by atoms with van der Waals surface area (Å²) in [5.74, 6) is 0.547. The van der Waals surface area contributed by atoms with Crippen molar-refractivity contribution in [3.05, 3.63) is 88.8 Å². The van der Waals surface area contributed by atoms with E-state index in [1.165, 1.54) is 43.3 Å². The Morgan fingerprint density at radius 3 is 2.17 bits per heavy atom. The molecule has 2 aromatic carbocycles. The predicted octanol–water partition coefficient (Wildman–Crippen LogP) is 10.5. The maximum Gasteiger partial charge on any atom is 0.162 e. The molecule has 0 amide bonds. The predicted molar refractivity (Wildman–Crippen MR) is 172 cm³/mol. The number of hydrogen-bond donors (Lipinski definition) is 1. The van der Waals surface area contributed by atoms with Crippen molar-refractivity contribution in [2.45, 2.75) is 81.1 Å². The number of carbonyl (C=O) groups excluding carboxylic acids is 1. The summed E-state index contributed by atoms with van der Waals surface area (Å²) in [6, 6.07) is 18.5. The molecule has 4 aromatic rings. The third kappa shape index (κ3) is 8.47. The number of ketones is 1. The van der Waals surface area contributed by atoms with Crippen molar-refractivity contribution >= 4 is 27.2 Å². The van der Waals surface area contributed by atoms with Gasteiger partial charge in [-0.15, -0.1) is 46.2 Å². The van der Waals surface area contributed by atoms with Crippen LogP contribution in [0.25, 0.3) is 31.8 Å². The first-order valence-electron chi connectivity index (χ1n) is 14.5. The van der Waals surface area contributed by atoms with Crippen molar-refractivity contribution in [2.75, 3.05) is 0 Å². The molecule has 0 saturated carbocycles. The summed E-state index contributed by atoms with van der Waals surface area (Å²) in [4.78, 5) is 17.8. The van der Waals surface area contributed by atoms with Gasteiger partial charge in [0.1, 0.15) is 0 Å². The summed E-state index contributed by atoms with van der Waals surface area (Å²) in [6.07, 6.45) is 6.83. The third-order valence-electron chi connectivity index (χ3n) is 7.73. The monoisotopic (exact) mass is 747 g/mol. The number of aliphatic hydroxyl groups excluding tert-OH is 1. The standard InChI is InChI=1S/C23H20NS.C13H24O2.Ir/c1-14-11-15(2)13-18(12-14)21-23-20(9-10-24-21)17(4)22(25-23)19-8-6-5-7-16(19)3;1-5-10(6-2)12(14)9-13(15)11(7-3)8-4;/h5-12H,1-4H3;9-11,14H,5-8H2,1-4H3;/q-1;;/b;12-9-;. The van der Waals surface area contributed by atoms with E-state index in [2.05, 4.69) is 76.2 Å². The second kappa shape index (κ2) is 16.2. The van der Waals surface area contributed by atoms with Gasteiger partial charge in [0.05, 0.1) is 5.76 Å². The molecule has 221 valence electrons. The van der Waals surface area contributed by atoms with Gasteiger partial charge in [0.2, 0.25) is 0 Å². The third-order valence-corrected chi connectivity index (χ3v) is 9.08. The average Bonchev–Trinajstić information content (AvgIpc) is 3.26. The first-order valence-corrected chi connectivity index (χ1v) is 15.4. The first kappa shape index (κ1) is 34.6. The van der Waals surface area contributed by atoms with E-state index in [0.29, 0.717) is 0 Å². The van der Waals surface area contributed by atoms with Crippen molar-refractivity contribution < 1.29 is 30.0 Å². The molecular formula is C36H44IrNO2S-. The van der Waals surface area contributed by atoms with Gasteiger partial charge in [-0.2, -0.15) is 0 Å². The number of thiophene rings is 1. The van der Waals surface area contributed by atoms with Crippen LogP contribution in [0, 0.1) is 45.6 Å². The van der Waals surface area contributed by atoms with Crippen LogP contribution < -0.4 is 0 Å². The van der Waals surface area contributed by atoms with Crippen molar-refractivity contribution in [3.8, 4) is 21.7 Å². The maximum absolute atomic E-state index is 11.7. The summed E-state index contributed by atoms with van der Waals surface area (Å²) in [6.45, 7) is 16.7. The van der Waals surface area contributed by atoms with Crippen LogP contribution in [-0.2, 0) is 24.9 Å². The fourth-order valence-corrected chi connectivity index (χ4v) is 6.62. The van der Waals surface area contributed by atoms with Crippen LogP contribution in [0.3, 0.4) is 0 Å². The Labute approximate surface area is 264 Å². The minimum atomic E-state index is 0. The molecule has 0 spiro atoms. The van der Waals surface area contributed by atoms with Gasteiger partial charge in [-0.05, 0) is 67.7 Å². The zero-order chi connectivity index (χ0) is 29.4. The molecule has 0 unspecified atom stereocenters. The van der Waals surface area contributed by atoms with Crippen LogP contribution in [0.5, 0.6) is 0 Å². The van der Waals surface area contributed by atoms with Gasteiger partial charge in [0, 0.05) is 59.5 Å². The zero-order valence-electron chi connectivity index (χ0n) is 25.7. The number of nitrogens with zero attached hydrogens (tertiary/aromatic N) is 1.